The first-order valence-corrected chi connectivity index (χ1v) is 8.24. The van der Waals surface area contributed by atoms with Crippen molar-refractivity contribution in [1.29, 1.82) is 0 Å². The van der Waals surface area contributed by atoms with E-state index in [1.54, 1.807) is 0 Å². The Labute approximate surface area is 129 Å². The van der Waals surface area contributed by atoms with Crippen molar-refractivity contribution in [2.45, 2.75) is 38.1 Å². The average molecular weight is 297 g/mol. The maximum absolute atomic E-state index is 13.0. The lowest BCUT2D eigenvalue weighted by atomic mass is 9.77. The summed E-state index contributed by atoms with van der Waals surface area (Å²) in [5.74, 6) is 0.610. The van der Waals surface area contributed by atoms with Gasteiger partial charge >= 0.3 is 0 Å². The maximum Gasteiger partial charge on any atom is 0.229 e. The Morgan fingerprint density at radius 1 is 1.27 bits per heavy atom. The summed E-state index contributed by atoms with van der Waals surface area (Å²) in [6.45, 7) is 2.66. The summed E-state index contributed by atoms with van der Waals surface area (Å²) >= 11 is 0. The Hall–Kier alpha value is -1.68. The van der Waals surface area contributed by atoms with Crippen molar-refractivity contribution in [3.63, 3.8) is 0 Å². The molecule has 6 atom stereocenters. The minimum Gasteiger partial charge on any atom is -0.344 e. The third-order valence-electron chi connectivity index (χ3n) is 6.39. The molecule has 2 saturated heterocycles. The second-order valence-corrected chi connectivity index (χ2v) is 7.11. The fourth-order valence-electron chi connectivity index (χ4n) is 5.61. The Morgan fingerprint density at radius 3 is 2.77 bits per heavy atom. The smallest absolute Gasteiger partial charge is 0.229 e. The summed E-state index contributed by atoms with van der Waals surface area (Å²) in [4.78, 5) is 27.3. The lowest BCUT2D eigenvalue weighted by Gasteiger charge is -2.37. The molecule has 4 nitrogen and oxygen atoms in total. The molecule has 0 N–H and O–H groups in total. The van der Waals surface area contributed by atoms with Crippen LogP contribution in [0.4, 0.5) is 0 Å². The zero-order valence-electron chi connectivity index (χ0n) is 12.6. The largest absolute Gasteiger partial charge is 0.344 e. The predicted octanol–water partition coefficient (Wildman–Crippen LogP) is 1.99. The summed E-state index contributed by atoms with van der Waals surface area (Å²) in [7, 11) is 0. The Kier molecular flexibility index (Phi) is 2.32. The molecular formula is C18H19NO3. The Bertz CT molecular complexity index is 672. The van der Waals surface area contributed by atoms with Crippen LogP contribution in [0.2, 0.25) is 0 Å². The molecule has 22 heavy (non-hydrogen) atoms. The molecule has 5 rings (SSSR count). The van der Waals surface area contributed by atoms with E-state index in [0.29, 0.717) is 6.54 Å². The molecule has 2 bridgehead atoms. The zero-order valence-corrected chi connectivity index (χ0v) is 12.6. The standard InChI is InChI=1S/C18H19NO3/c1-2-18-14-12-8-11(15(20)16(12)22-18)13(14)17(21)19(18)9-10-6-4-3-5-7-10/h3-7,11-14,16H,2,8-9H2,1H3. The summed E-state index contributed by atoms with van der Waals surface area (Å²) < 4.78 is 6.29. The van der Waals surface area contributed by atoms with Gasteiger partial charge in [0.15, 0.2) is 5.78 Å². The first-order chi connectivity index (χ1) is 10.7. The van der Waals surface area contributed by atoms with Crippen LogP contribution in [0.15, 0.2) is 30.3 Å². The van der Waals surface area contributed by atoms with Gasteiger partial charge in [-0.05, 0) is 18.4 Å². The second-order valence-electron chi connectivity index (χ2n) is 7.11. The topological polar surface area (TPSA) is 46.6 Å². The van der Waals surface area contributed by atoms with E-state index in [1.165, 1.54) is 0 Å². The van der Waals surface area contributed by atoms with Crippen LogP contribution in [0.1, 0.15) is 25.3 Å². The van der Waals surface area contributed by atoms with Crippen molar-refractivity contribution in [3.8, 4) is 0 Å². The summed E-state index contributed by atoms with van der Waals surface area (Å²) in [5.41, 5.74) is 0.573. The van der Waals surface area contributed by atoms with Crippen LogP contribution in [0, 0.1) is 23.7 Å². The minimum absolute atomic E-state index is 0.0818. The number of carbonyl (C=O) groups is 2. The number of Topliss-reactive ketones (excluding diaryl/α,β-unsaturated/α-hetero) is 1. The van der Waals surface area contributed by atoms with Crippen molar-refractivity contribution >= 4 is 11.7 Å². The number of amides is 1. The lowest BCUT2D eigenvalue weighted by Crippen LogP contribution is -2.49. The summed E-state index contributed by atoms with van der Waals surface area (Å²) in [6, 6.07) is 10.1. The number of fused-ring (bicyclic) bond motifs is 2. The van der Waals surface area contributed by atoms with Gasteiger partial charge in [-0.1, -0.05) is 37.3 Å². The van der Waals surface area contributed by atoms with Crippen molar-refractivity contribution in [1.82, 2.24) is 4.90 Å². The highest BCUT2D eigenvalue weighted by molar-refractivity contribution is 5.98. The molecule has 0 aromatic heterocycles. The van der Waals surface area contributed by atoms with E-state index in [0.717, 1.165) is 18.4 Å². The predicted molar refractivity (Wildman–Crippen MR) is 78.5 cm³/mol. The van der Waals surface area contributed by atoms with Gasteiger partial charge in [0, 0.05) is 24.3 Å². The molecule has 2 aliphatic carbocycles. The van der Waals surface area contributed by atoms with Gasteiger partial charge in [-0.25, -0.2) is 0 Å². The van der Waals surface area contributed by atoms with Gasteiger partial charge in [0.25, 0.3) is 0 Å². The highest BCUT2D eigenvalue weighted by atomic mass is 16.5. The number of ether oxygens (including phenoxy) is 1. The lowest BCUT2D eigenvalue weighted by molar-refractivity contribution is -0.173. The number of hydrogen-bond acceptors (Lipinski definition) is 3. The van der Waals surface area contributed by atoms with Gasteiger partial charge in [0.05, 0.1) is 5.92 Å². The van der Waals surface area contributed by atoms with Gasteiger partial charge in [-0.15, -0.1) is 0 Å². The molecule has 1 aromatic rings. The molecule has 0 spiro atoms. The number of hydrogen-bond donors (Lipinski definition) is 0. The molecule has 1 amide bonds. The van der Waals surface area contributed by atoms with Crippen LogP contribution >= 0.6 is 0 Å². The van der Waals surface area contributed by atoms with Crippen molar-refractivity contribution in [3.05, 3.63) is 35.9 Å². The van der Waals surface area contributed by atoms with Crippen LogP contribution in [0.25, 0.3) is 0 Å². The van der Waals surface area contributed by atoms with E-state index >= 15 is 0 Å². The molecule has 114 valence electrons. The minimum atomic E-state index is -0.548. The summed E-state index contributed by atoms with van der Waals surface area (Å²) in [6.07, 6.45) is 1.38. The number of benzene rings is 1. The maximum atomic E-state index is 13.0. The molecule has 4 aliphatic rings. The van der Waals surface area contributed by atoms with E-state index in [1.807, 2.05) is 35.2 Å². The molecule has 4 fully saturated rings. The van der Waals surface area contributed by atoms with Crippen molar-refractivity contribution in [2.75, 3.05) is 0 Å². The van der Waals surface area contributed by atoms with E-state index in [-0.39, 0.29) is 41.5 Å². The Morgan fingerprint density at radius 2 is 2.05 bits per heavy atom. The monoisotopic (exact) mass is 297 g/mol. The highest BCUT2D eigenvalue weighted by Crippen LogP contribution is 2.67. The number of nitrogens with zero attached hydrogens (tertiary/aromatic N) is 1. The van der Waals surface area contributed by atoms with Gasteiger partial charge in [0.1, 0.15) is 11.8 Å². The van der Waals surface area contributed by atoms with Gasteiger partial charge in [-0.2, -0.15) is 0 Å². The molecule has 1 aromatic carbocycles. The van der Waals surface area contributed by atoms with E-state index in [9.17, 15) is 9.59 Å². The third kappa shape index (κ3) is 1.25. The van der Waals surface area contributed by atoms with Gasteiger partial charge in [0.2, 0.25) is 5.91 Å². The highest BCUT2D eigenvalue weighted by Gasteiger charge is 2.77. The first-order valence-electron chi connectivity index (χ1n) is 8.24. The average Bonchev–Trinajstić information content (AvgIpc) is 3.20. The fourth-order valence-corrected chi connectivity index (χ4v) is 5.61. The van der Waals surface area contributed by atoms with E-state index in [4.69, 9.17) is 4.74 Å². The molecular weight excluding hydrogens is 278 g/mol. The molecule has 6 unspecified atom stereocenters. The van der Waals surface area contributed by atoms with Gasteiger partial charge < -0.3 is 9.64 Å². The van der Waals surface area contributed by atoms with Crippen LogP contribution in [-0.4, -0.2) is 28.4 Å². The van der Waals surface area contributed by atoms with E-state index < -0.39 is 5.72 Å². The molecule has 2 heterocycles. The van der Waals surface area contributed by atoms with Crippen molar-refractivity contribution < 1.29 is 14.3 Å². The van der Waals surface area contributed by atoms with E-state index in [2.05, 4.69) is 6.92 Å². The molecule has 2 saturated carbocycles. The first kappa shape index (κ1) is 12.8. The molecule has 2 aliphatic heterocycles. The van der Waals surface area contributed by atoms with Crippen LogP contribution in [0.3, 0.4) is 0 Å². The van der Waals surface area contributed by atoms with Gasteiger partial charge in [-0.3, -0.25) is 9.59 Å². The van der Waals surface area contributed by atoms with Crippen LogP contribution in [-0.2, 0) is 20.9 Å². The second kappa shape index (κ2) is 3.99. The zero-order chi connectivity index (χ0) is 15.1. The Balaban J connectivity index is 1.58. The van der Waals surface area contributed by atoms with Crippen LogP contribution < -0.4 is 0 Å². The molecule has 0 radical (unpaired) electrons. The SMILES string of the molecule is CCC12OC3C(=O)C4CC3C1C4C(=O)N2Cc1ccccc1. The van der Waals surface area contributed by atoms with Crippen molar-refractivity contribution in [2.24, 2.45) is 23.7 Å². The third-order valence-corrected chi connectivity index (χ3v) is 6.39. The summed E-state index contributed by atoms with van der Waals surface area (Å²) in [5, 5.41) is 0. The van der Waals surface area contributed by atoms with Crippen LogP contribution in [0.5, 0.6) is 0 Å². The number of rotatable bonds is 3. The number of likely N-dealkylation sites (tertiary alicyclic amines) is 1. The molecule has 4 heteroatoms. The normalized spacial score (nSPS) is 44.4. The fraction of sp³-hybridized carbons (Fsp3) is 0.556. The quantitative estimate of drug-likeness (QED) is 0.857. The number of ketones is 1. The number of carbonyl (C=O) groups excluding carboxylic acids is 2.